The van der Waals surface area contributed by atoms with E-state index in [1.165, 1.54) is 33.6 Å². The molecule has 6 rings (SSSR count). The van der Waals surface area contributed by atoms with Crippen molar-refractivity contribution in [3.8, 4) is 5.75 Å². The zero-order valence-corrected chi connectivity index (χ0v) is 21.7. The van der Waals surface area contributed by atoms with E-state index in [-0.39, 0.29) is 23.1 Å². The number of furan rings is 1. The Bertz CT molecular complexity index is 1330. The fraction of sp³-hybridized carbons (Fsp3) is 0.448. The number of ether oxygens (including phenoxy) is 2. The fourth-order valence-corrected chi connectivity index (χ4v) is 8.55. The first-order valence-corrected chi connectivity index (χ1v) is 13.6. The molecule has 1 N–H and O–H groups in total. The van der Waals surface area contributed by atoms with E-state index >= 15 is 0 Å². The van der Waals surface area contributed by atoms with Crippen molar-refractivity contribution in [3.05, 3.63) is 69.5 Å². The average Bonchev–Trinajstić information content (AvgIpc) is 3.59. The quantitative estimate of drug-likeness (QED) is 0.409. The molecule has 3 aliphatic rings. The monoisotopic (exact) mass is 505 g/mol. The highest BCUT2D eigenvalue weighted by Crippen LogP contribution is 2.63. The van der Waals surface area contributed by atoms with Crippen LogP contribution in [0, 0.1) is 11.8 Å². The number of methoxy groups -OCH3 is 1. The Balaban J connectivity index is 1.36. The van der Waals surface area contributed by atoms with Gasteiger partial charge in [-0.25, -0.2) is 4.79 Å². The zero-order chi connectivity index (χ0) is 25.0. The van der Waals surface area contributed by atoms with Crippen LogP contribution in [0.25, 0.3) is 0 Å². The van der Waals surface area contributed by atoms with Gasteiger partial charge in [0.15, 0.2) is 5.76 Å². The summed E-state index contributed by atoms with van der Waals surface area (Å²) in [5.41, 5.74) is 4.42. The van der Waals surface area contributed by atoms with Crippen LogP contribution in [0.5, 0.6) is 5.75 Å². The second kappa shape index (κ2) is 8.80. The molecular weight excluding hydrogens is 474 g/mol. The number of thiophene rings is 1. The minimum Gasteiger partial charge on any atom is -0.497 e. The Morgan fingerprint density at radius 3 is 2.86 bits per heavy atom. The Kier molecular flexibility index (Phi) is 5.71. The molecule has 4 atom stereocenters. The number of carbonyl (C=O) groups excluding carboxylic acids is 2. The van der Waals surface area contributed by atoms with Crippen molar-refractivity contribution in [3.63, 3.8) is 0 Å². The maximum atomic E-state index is 13.3. The topological polar surface area (TPSA) is 77.8 Å². The predicted octanol–water partition coefficient (Wildman–Crippen LogP) is 6.35. The molecule has 3 aliphatic carbocycles. The molecule has 3 aromatic rings. The van der Waals surface area contributed by atoms with Gasteiger partial charge in [0.05, 0.1) is 25.5 Å². The number of amides is 1. The molecule has 1 aromatic carbocycles. The molecule has 1 amide bonds. The van der Waals surface area contributed by atoms with E-state index < -0.39 is 0 Å². The molecule has 36 heavy (non-hydrogen) atoms. The van der Waals surface area contributed by atoms with E-state index in [0.717, 1.165) is 43.4 Å². The van der Waals surface area contributed by atoms with Gasteiger partial charge in [-0.05, 0) is 103 Å². The minimum absolute atomic E-state index is 0.118. The number of fused-ring (bicyclic) bond motifs is 7. The van der Waals surface area contributed by atoms with Crippen LogP contribution in [0.1, 0.15) is 81.5 Å². The molecule has 2 aromatic heterocycles. The number of aryl methyl sites for hydroxylation is 1. The third-order valence-electron chi connectivity index (χ3n) is 8.73. The Morgan fingerprint density at radius 1 is 1.25 bits per heavy atom. The Labute approximate surface area is 215 Å². The van der Waals surface area contributed by atoms with E-state index in [1.54, 1.807) is 19.2 Å². The second-order valence-corrected chi connectivity index (χ2v) is 11.5. The molecule has 2 heterocycles. The van der Waals surface area contributed by atoms with Gasteiger partial charge in [-0.3, -0.25) is 4.79 Å². The summed E-state index contributed by atoms with van der Waals surface area (Å²) in [6.45, 7) is 4.44. The van der Waals surface area contributed by atoms with Crippen molar-refractivity contribution in [1.82, 2.24) is 0 Å². The number of nitrogens with one attached hydrogen (secondary N) is 1. The highest BCUT2D eigenvalue weighted by atomic mass is 32.1. The van der Waals surface area contributed by atoms with Crippen molar-refractivity contribution in [2.75, 3.05) is 19.0 Å². The van der Waals surface area contributed by atoms with Gasteiger partial charge in [-0.1, -0.05) is 13.0 Å². The van der Waals surface area contributed by atoms with Crippen molar-refractivity contribution in [2.24, 2.45) is 11.8 Å². The Morgan fingerprint density at radius 2 is 2.11 bits per heavy atom. The summed E-state index contributed by atoms with van der Waals surface area (Å²) in [6, 6.07) is 9.86. The molecule has 0 aliphatic heterocycles. The van der Waals surface area contributed by atoms with Crippen LogP contribution in [-0.2, 0) is 23.0 Å². The third-order valence-corrected chi connectivity index (χ3v) is 9.86. The van der Waals surface area contributed by atoms with Gasteiger partial charge in [-0.15, -0.1) is 11.3 Å². The van der Waals surface area contributed by atoms with Crippen LogP contribution in [0.4, 0.5) is 5.00 Å². The SMILES string of the molecule is CCOC(=O)c1c(NC(=O)c2ccco2)sc2c1[C@]1(C)CC[C@@H]3c4ccc(OC)cc4CC[C@H]3[C@H]1C2. The molecule has 6 nitrogen and oxygen atoms in total. The van der Waals surface area contributed by atoms with E-state index in [2.05, 4.69) is 30.4 Å². The molecule has 1 fully saturated rings. The number of anilines is 1. The molecule has 0 radical (unpaired) electrons. The highest BCUT2D eigenvalue weighted by molar-refractivity contribution is 7.17. The van der Waals surface area contributed by atoms with Crippen molar-refractivity contribution < 1.29 is 23.5 Å². The molecule has 0 spiro atoms. The lowest BCUT2D eigenvalue weighted by molar-refractivity contribution is 0.0519. The average molecular weight is 506 g/mol. The molecule has 7 heteroatoms. The fourth-order valence-electron chi connectivity index (χ4n) is 7.18. The largest absolute Gasteiger partial charge is 0.497 e. The van der Waals surface area contributed by atoms with Crippen LogP contribution < -0.4 is 10.1 Å². The van der Waals surface area contributed by atoms with E-state index in [9.17, 15) is 9.59 Å². The number of hydrogen-bond acceptors (Lipinski definition) is 6. The standard InChI is InChI=1S/C29H31NO5S/c1-4-34-28(32)24-25-23(36-27(24)30-26(31)22-6-5-13-35-22)15-21-20-9-7-16-14-17(33-3)8-10-18(16)19(20)11-12-29(21,25)2/h5-6,8,10,13-14,19-21H,4,7,9,11-12,15H2,1-3H3,(H,30,31)/t19-,20-,21-,29-/m1/s1. The van der Waals surface area contributed by atoms with Crippen molar-refractivity contribution in [1.29, 1.82) is 0 Å². The lowest BCUT2D eigenvalue weighted by atomic mass is 9.54. The van der Waals surface area contributed by atoms with Gasteiger partial charge < -0.3 is 19.2 Å². The van der Waals surface area contributed by atoms with Crippen LogP contribution >= 0.6 is 11.3 Å². The second-order valence-electron chi connectivity index (χ2n) is 10.4. The van der Waals surface area contributed by atoms with E-state index in [1.807, 2.05) is 6.92 Å². The first-order chi connectivity index (χ1) is 17.4. The number of esters is 1. The van der Waals surface area contributed by atoms with Gasteiger partial charge in [0.2, 0.25) is 0 Å². The summed E-state index contributed by atoms with van der Waals surface area (Å²) in [6.07, 6.45) is 6.71. The van der Waals surface area contributed by atoms with Gasteiger partial charge in [0, 0.05) is 4.88 Å². The molecule has 188 valence electrons. The number of hydrogen-bond donors (Lipinski definition) is 1. The van der Waals surface area contributed by atoms with Crippen LogP contribution in [-0.4, -0.2) is 25.6 Å². The van der Waals surface area contributed by atoms with Gasteiger partial charge >= 0.3 is 5.97 Å². The summed E-state index contributed by atoms with van der Waals surface area (Å²) in [5, 5.41) is 3.52. The number of carbonyl (C=O) groups is 2. The zero-order valence-electron chi connectivity index (χ0n) is 20.9. The highest BCUT2D eigenvalue weighted by Gasteiger charge is 2.55. The summed E-state index contributed by atoms with van der Waals surface area (Å²) in [5.74, 6) is 2.02. The first kappa shape index (κ1) is 23.3. The van der Waals surface area contributed by atoms with Gasteiger partial charge in [-0.2, -0.15) is 0 Å². The molecule has 0 bridgehead atoms. The molecular formula is C29H31NO5S. The lowest BCUT2D eigenvalue weighted by Gasteiger charge is -2.49. The maximum absolute atomic E-state index is 13.3. The minimum atomic E-state index is -0.352. The van der Waals surface area contributed by atoms with Crippen molar-refractivity contribution >= 4 is 28.2 Å². The molecule has 0 saturated heterocycles. The van der Waals surface area contributed by atoms with Crippen LogP contribution in [0.15, 0.2) is 41.0 Å². The van der Waals surface area contributed by atoms with Crippen LogP contribution in [0.2, 0.25) is 0 Å². The van der Waals surface area contributed by atoms with E-state index in [4.69, 9.17) is 13.9 Å². The van der Waals surface area contributed by atoms with Crippen molar-refractivity contribution in [2.45, 2.75) is 57.3 Å². The molecule has 0 unspecified atom stereocenters. The summed E-state index contributed by atoms with van der Waals surface area (Å²) < 4.78 is 16.2. The van der Waals surface area contributed by atoms with Crippen LogP contribution in [0.3, 0.4) is 0 Å². The summed E-state index contributed by atoms with van der Waals surface area (Å²) >= 11 is 1.53. The smallest absolute Gasteiger partial charge is 0.341 e. The Hall–Kier alpha value is -3.06. The summed E-state index contributed by atoms with van der Waals surface area (Å²) in [7, 11) is 1.72. The van der Waals surface area contributed by atoms with Gasteiger partial charge in [0.1, 0.15) is 10.8 Å². The maximum Gasteiger partial charge on any atom is 0.341 e. The molecule has 1 saturated carbocycles. The summed E-state index contributed by atoms with van der Waals surface area (Å²) in [4.78, 5) is 27.3. The first-order valence-electron chi connectivity index (χ1n) is 12.8. The third kappa shape index (κ3) is 3.51. The van der Waals surface area contributed by atoms with Gasteiger partial charge in [0.25, 0.3) is 5.91 Å². The number of benzene rings is 1. The predicted molar refractivity (Wildman–Crippen MR) is 138 cm³/mol. The van der Waals surface area contributed by atoms with E-state index in [0.29, 0.717) is 34.9 Å². The normalized spacial score (nSPS) is 25.8. The number of rotatable bonds is 5. The lowest BCUT2D eigenvalue weighted by Crippen LogP contribution is -2.43.